The third-order valence-electron chi connectivity index (χ3n) is 5.76. The second-order valence-electron chi connectivity index (χ2n) is 7.58. The molecule has 7 heteroatoms. The number of nitrogens with zero attached hydrogens (tertiary/aromatic N) is 2. The van der Waals surface area contributed by atoms with E-state index >= 15 is 0 Å². The predicted molar refractivity (Wildman–Crippen MR) is 116 cm³/mol. The Kier molecular flexibility index (Phi) is 4.81. The van der Waals surface area contributed by atoms with E-state index in [1.807, 2.05) is 24.4 Å². The molecule has 1 fully saturated rings. The fraction of sp³-hybridized carbons (Fsp3) is 0.318. The molecule has 29 heavy (non-hydrogen) atoms. The highest BCUT2D eigenvalue weighted by Crippen LogP contribution is 2.32. The van der Waals surface area contributed by atoms with E-state index in [9.17, 15) is 4.79 Å². The number of benzene rings is 2. The highest BCUT2D eigenvalue weighted by atomic mass is 35.5. The number of aromatic nitrogens is 1. The number of ether oxygens (including phenoxy) is 1. The predicted octanol–water partition coefficient (Wildman–Crippen LogP) is 3.52. The first kappa shape index (κ1) is 18.3. The van der Waals surface area contributed by atoms with Gasteiger partial charge in [0.25, 0.3) is 5.91 Å². The van der Waals surface area contributed by atoms with Crippen molar-refractivity contribution in [2.24, 2.45) is 0 Å². The van der Waals surface area contributed by atoms with Crippen molar-refractivity contribution in [2.75, 3.05) is 49.5 Å². The minimum atomic E-state index is -0.0931. The van der Waals surface area contributed by atoms with Gasteiger partial charge in [0.1, 0.15) is 5.75 Å². The van der Waals surface area contributed by atoms with Crippen molar-refractivity contribution < 1.29 is 9.53 Å². The molecule has 1 aromatic heterocycles. The maximum absolute atomic E-state index is 11.5. The normalized spacial score (nSPS) is 17.1. The number of carbonyl (C=O) groups excluding carboxylic acids is 1. The fourth-order valence-electron chi connectivity index (χ4n) is 4.17. The number of hydrogen-bond acceptors (Lipinski definition) is 4. The molecule has 3 heterocycles. The third kappa shape index (κ3) is 3.66. The van der Waals surface area contributed by atoms with E-state index in [0.717, 1.165) is 61.1 Å². The molecule has 5 rings (SSSR count). The van der Waals surface area contributed by atoms with Crippen LogP contribution in [-0.4, -0.2) is 55.1 Å². The van der Waals surface area contributed by atoms with E-state index in [1.54, 1.807) is 0 Å². The highest BCUT2D eigenvalue weighted by molar-refractivity contribution is 6.35. The van der Waals surface area contributed by atoms with Gasteiger partial charge in [-0.25, -0.2) is 0 Å². The number of anilines is 2. The molecule has 1 amide bonds. The van der Waals surface area contributed by atoms with E-state index < -0.39 is 0 Å². The topological polar surface area (TPSA) is 60.6 Å². The minimum Gasteiger partial charge on any atom is -0.482 e. The minimum absolute atomic E-state index is 0.0931. The lowest BCUT2D eigenvalue weighted by molar-refractivity contribution is -0.118. The molecule has 2 aromatic carbocycles. The number of rotatable bonds is 4. The molecule has 0 saturated carbocycles. The molecule has 3 aromatic rings. The Morgan fingerprint density at radius 2 is 1.93 bits per heavy atom. The van der Waals surface area contributed by atoms with Crippen LogP contribution in [0.2, 0.25) is 5.02 Å². The quantitative estimate of drug-likeness (QED) is 0.691. The van der Waals surface area contributed by atoms with Crippen LogP contribution in [0, 0.1) is 0 Å². The number of halogens is 1. The zero-order chi connectivity index (χ0) is 19.8. The number of hydrogen-bond donors (Lipinski definition) is 2. The average Bonchev–Trinajstić information content (AvgIpc) is 3.24. The zero-order valence-electron chi connectivity index (χ0n) is 16.1. The molecule has 2 N–H and O–H groups in total. The Hall–Kier alpha value is -2.70. The van der Waals surface area contributed by atoms with Gasteiger partial charge in [-0.15, -0.1) is 0 Å². The maximum atomic E-state index is 11.5. The summed E-state index contributed by atoms with van der Waals surface area (Å²) in [6.45, 7) is 5.14. The van der Waals surface area contributed by atoms with Gasteiger partial charge in [-0.05, 0) is 42.3 Å². The lowest BCUT2D eigenvalue weighted by Crippen LogP contribution is -2.47. The number of piperazine rings is 1. The summed E-state index contributed by atoms with van der Waals surface area (Å²) in [7, 11) is 0. The number of carbonyl (C=O) groups is 1. The van der Waals surface area contributed by atoms with Crippen LogP contribution < -0.4 is 15.0 Å². The van der Waals surface area contributed by atoms with Crippen LogP contribution in [0.4, 0.5) is 11.4 Å². The molecular weight excluding hydrogens is 388 g/mol. The van der Waals surface area contributed by atoms with Crippen LogP contribution in [0.5, 0.6) is 5.75 Å². The molecule has 0 spiro atoms. The van der Waals surface area contributed by atoms with Crippen molar-refractivity contribution in [3.63, 3.8) is 0 Å². The molecule has 0 radical (unpaired) electrons. The van der Waals surface area contributed by atoms with Crippen LogP contribution in [0.3, 0.4) is 0 Å². The second kappa shape index (κ2) is 7.61. The van der Waals surface area contributed by atoms with E-state index in [-0.39, 0.29) is 12.5 Å². The maximum Gasteiger partial charge on any atom is 0.262 e. The molecule has 0 bridgehead atoms. The van der Waals surface area contributed by atoms with Gasteiger partial charge in [0, 0.05) is 50.0 Å². The number of nitrogens with one attached hydrogen (secondary N) is 2. The molecule has 0 atom stereocenters. The summed E-state index contributed by atoms with van der Waals surface area (Å²) < 4.78 is 5.43. The van der Waals surface area contributed by atoms with Gasteiger partial charge < -0.3 is 19.9 Å². The van der Waals surface area contributed by atoms with Gasteiger partial charge in [-0.1, -0.05) is 17.7 Å². The van der Waals surface area contributed by atoms with Crippen LogP contribution in [-0.2, 0) is 11.2 Å². The van der Waals surface area contributed by atoms with E-state index in [1.165, 1.54) is 16.6 Å². The monoisotopic (exact) mass is 410 g/mol. The Bertz CT molecular complexity index is 1060. The lowest BCUT2D eigenvalue weighted by atomic mass is 10.1. The van der Waals surface area contributed by atoms with E-state index in [2.05, 4.69) is 38.3 Å². The molecule has 1 saturated heterocycles. The second-order valence-corrected chi connectivity index (χ2v) is 7.99. The molecule has 0 unspecified atom stereocenters. The summed E-state index contributed by atoms with van der Waals surface area (Å²) in [5.74, 6) is 0.658. The number of aromatic amines is 1. The SMILES string of the molecule is O=C1COc2ccc(CCN3CCN(c4ccc(Cl)c5[nH]ccc45)CC3)cc2N1. The van der Waals surface area contributed by atoms with E-state index in [4.69, 9.17) is 16.3 Å². The summed E-state index contributed by atoms with van der Waals surface area (Å²) in [5, 5.41) is 4.83. The third-order valence-corrected chi connectivity index (χ3v) is 6.07. The van der Waals surface area contributed by atoms with Gasteiger partial charge in [0.2, 0.25) is 0 Å². The van der Waals surface area contributed by atoms with Gasteiger partial charge in [-0.3, -0.25) is 9.69 Å². The first-order valence-electron chi connectivity index (χ1n) is 9.96. The molecule has 2 aliphatic heterocycles. The van der Waals surface area contributed by atoms with Crippen LogP contribution >= 0.6 is 11.6 Å². The number of fused-ring (bicyclic) bond motifs is 2. The molecule has 6 nitrogen and oxygen atoms in total. The van der Waals surface area contributed by atoms with Crippen LogP contribution in [0.25, 0.3) is 10.9 Å². The Balaban J connectivity index is 1.19. The summed E-state index contributed by atoms with van der Waals surface area (Å²) in [6, 6.07) is 12.3. The van der Waals surface area contributed by atoms with Crippen LogP contribution in [0.15, 0.2) is 42.6 Å². The summed E-state index contributed by atoms with van der Waals surface area (Å²) in [6.07, 6.45) is 2.90. The van der Waals surface area contributed by atoms with Crippen molar-refractivity contribution in [3.8, 4) is 5.75 Å². The molecule has 150 valence electrons. The van der Waals surface area contributed by atoms with E-state index in [0.29, 0.717) is 0 Å². The van der Waals surface area contributed by atoms with Gasteiger partial charge >= 0.3 is 0 Å². The Morgan fingerprint density at radius 3 is 2.79 bits per heavy atom. The van der Waals surface area contributed by atoms with Crippen molar-refractivity contribution in [1.29, 1.82) is 0 Å². The van der Waals surface area contributed by atoms with Gasteiger partial charge in [0.05, 0.1) is 16.2 Å². The zero-order valence-corrected chi connectivity index (χ0v) is 16.8. The van der Waals surface area contributed by atoms with Crippen molar-refractivity contribution >= 4 is 39.8 Å². The summed E-state index contributed by atoms with van der Waals surface area (Å²) >= 11 is 6.30. The van der Waals surface area contributed by atoms with Crippen molar-refractivity contribution in [3.05, 3.63) is 53.2 Å². The number of H-pyrrole nitrogens is 1. The molecular formula is C22H23ClN4O2. The largest absolute Gasteiger partial charge is 0.482 e. The first-order valence-corrected chi connectivity index (χ1v) is 10.3. The fourth-order valence-corrected chi connectivity index (χ4v) is 4.39. The van der Waals surface area contributed by atoms with Gasteiger partial charge in [0.15, 0.2) is 6.61 Å². The van der Waals surface area contributed by atoms with Crippen molar-refractivity contribution in [1.82, 2.24) is 9.88 Å². The average molecular weight is 411 g/mol. The smallest absolute Gasteiger partial charge is 0.262 e. The standard InChI is InChI=1S/C22H23ClN4O2/c23-17-2-3-19(16-5-7-24-22(16)17)27-11-9-26(10-12-27)8-6-15-1-4-20-18(13-15)25-21(28)14-29-20/h1-5,7,13,24H,6,8-12,14H2,(H,25,28). The molecule has 2 aliphatic rings. The first-order chi connectivity index (χ1) is 14.2. The molecule has 0 aliphatic carbocycles. The lowest BCUT2D eigenvalue weighted by Gasteiger charge is -2.36. The number of amides is 1. The summed E-state index contributed by atoms with van der Waals surface area (Å²) in [4.78, 5) is 19.7. The highest BCUT2D eigenvalue weighted by Gasteiger charge is 2.20. The Morgan fingerprint density at radius 1 is 1.07 bits per heavy atom. The summed E-state index contributed by atoms with van der Waals surface area (Å²) in [5.41, 5.74) is 4.25. The van der Waals surface area contributed by atoms with Crippen LogP contribution in [0.1, 0.15) is 5.56 Å². The van der Waals surface area contributed by atoms with Gasteiger partial charge in [-0.2, -0.15) is 0 Å². The van der Waals surface area contributed by atoms with Crippen molar-refractivity contribution in [2.45, 2.75) is 6.42 Å². The Labute approximate surface area is 174 Å².